The second kappa shape index (κ2) is 8.23. The van der Waals surface area contributed by atoms with E-state index in [1.54, 1.807) is 24.3 Å². The van der Waals surface area contributed by atoms with Crippen LogP contribution in [0.3, 0.4) is 0 Å². The molecule has 0 unspecified atom stereocenters. The highest BCUT2D eigenvalue weighted by atomic mass is 35.5. The second-order valence-corrected chi connectivity index (χ2v) is 6.64. The number of fused-ring (bicyclic) bond motifs is 1. The molecule has 1 aliphatic rings. The van der Waals surface area contributed by atoms with Gasteiger partial charge in [-0.1, -0.05) is 41.9 Å². The number of amides is 1. The minimum Gasteiger partial charge on any atom is -0.489 e. The minimum absolute atomic E-state index is 0.255. The summed E-state index contributed by atoms with van der Waals surface area (Å²) in [6.45, 7) is 1.38. The maximum absolute atomic E-state index is 12.6. The Hall–Kier alpha value is -3.18. The highest BCUT2D eigenvalue weighted by Gasteiger charge is 2.17. The van der Waals surface area contributed by atoms with Crippen molar-refractivity contribution in [1.29, 1.82) is 0 Å². The number of anilines is 1. The summed E-state index contributed by atoms with van der Waals surface area (Å²) in [6.07, 6.45) is 0. The van der Waals surface area contributed by atoms with Crippen molar-refractivity contribution in [2.24, 2.45) is 0 Å². The van der Waals surface area contributed by atoms with Crippen molar-refractivity contribution in [2.75, 3.05) is 18.5 Å². The molecule has 6 heteroatoms. The third kappa shape index (κ3) is 4.21. The fourth-order valence-corrected chi connectivity index (χ4v) is 2.99. The van der Waals surface area contributed by atoms with Crippen LogP contribution in [0.5, 0.6) is 17.2 Å². The van der Waals surface area contributed by atoms with Gasteiger partial charge in [-0.05, 0) is 29.8 Å². The summed E-state index contributed by atoms with van der Waals surface area (Å²) in [4.78, 5) is 12.6. The predicted octanol–water partition coefficient (Wildman–Crippen LogP) is 4.94. The van der Waals surface area contributed by atoms with E-state index in [1.807, 2.05) is 42.5 Å². The van der Waals surface area contributed by atoms with Crippen LogP contribution in [0.2, 0.25) is 5.02 Å². The lowest BCUT2D eigenvalue weighted by Gasteiger charge is -2.20. The van der Waals surface area contributed by atoms with Gasteiger partial charge in [0.1, 0.15) is 25.6 Å². The molecule has 1 amide bonds. The quantitative estimate of drug-likeness (QED) is 0.664. The Kier molecular flexibility index (Phi) is 5.35. The fraction of sp³-hybridized carbons (Fsp3) is 0.136. The van der Waals surface area contributed by atoms with Crippen molar-refractivity contribution in [3.63, 3.8) is 0 Å². The van der Waals surface area contributed by atoms with Crippen LogP contribution in [0.1, 0.15) is 15.9 Å². The summed E-state index contributed by atoms with van der Waals surface area (Å²) in [7, 11) is 0. The van der Waals surface area contributed by atoms with Crippen LogP contribution in [-0.2, 0) is 6.61 Å². The molecule has 142 valence electrons. The number of ether oxygens (including phenoxy) is 3. The van der Waals surface area contributed by atoms with Crippen molar-refractivity contribution >= 4 is 23.2 Å². The molecule has 0 aliphatic carbocycles. The predicted molar refractivity (Wildman–Crippen MR) is 108 cm³/mol. The summed E-state index contributed by atoms with van der Waals surface area (Å²) in [5, 5.41) is 3.21. The zero-order valence-corrected chi connectivity index (χ0v) is 15.7. The zero-order valence-electron chi connectivity index (χ0n) is 15.0. The third-order valence-corrected chi connectivity index (χ3v) is 4.56. The molecule has 0 saturated carbocycles. The van der Waals surface area contributed by atoms with Crippen LogP contribution in [0, 0.1) is 0 Å². The van der Waals surface area contributed by atoms with Crippen molar-refractivity contribution in [3.8, 4) is 17.2 Å². The molecule has 1 heterocycles. The molecule has 0 spiro atoms. The van der Waals surface area contributed by atoms with Gasteiger partial charge in [-0.3, -0.25) is 4.79 Å². The maximum atomic E-state index is 12.6. The number of nitrogens with one attached hydrogen (secondary N) is 1. The lowest BCUT2D eigenvalue weighted by molar-refractivity contribution is 0.102. The third-order valence-electron chi connectivity index (χ3n) is 4.24. The van der Waals surface area contributed by atoms with Gasteiger partial charge in [-0.15, -0.1) is 0 Å². The molecule has 3 aromatic carbocycles. The Morgan fingerprint density at radius 1 is 0.964 bits per heavy atom. The van der Waals surface area contributed by atoms with Crippen LogP contribution in [0.15, 0.2) is 66.7 Å². The maximum Gasteiger partial charge on any atom is 0.255 e. The Balaban J connectivity index is 1.41. The van der Waals surface area contributed by atoms with Gasteiger partial charge in [0.15, 0.2) is 11.5 Å². The summed E-state index contributed by atoms with van der Waals surface area (Å²) < 4.78 is 16.7. The smallest absolute Gasteiger partial charge is 0.255 e. The number of benzene rings is 3. The van der Waals surface area contributed by atoms with Gasteiger partial charge in [0, 0.05) is 17.7 Å². The van der Waals surface area contributed by atoms with Gasteiger partial charge < -0.3 is 19.5 Å². The number of hydrogen-bond acceptors (Lipinski definition) is 4. The number of carbonyl (C=O) groups excluding carboxylic acids is 1. The average Bonchev–Trinajstić information content (AvgIpc) is 2.74. The van der Waals surface area contributed by atoms with Gasteiger partial charge in [-0.25, -0.2) is 0 Å². The van der Waals surface area contributed by atoms with E-state index < -0.39 is 0 Å². The van der Waals surface area contributed by atoms with Gasteiger partial charge in [0.25, 0.3) is 5.91 Å². The Morgan fingerprint density at radius 3 is 2.36 bits per heavy atom. The fourth-order valence-electron chi connectivity index (χ4n) is 2.79. The molecular formula is C22H18ClNO4. The molecule has 5 nitrogen and oxygen atoms in total. The summed E-state index contributed by atoms with van der Waals surface area (Å²) in [5.41, 5.74) is 1.97. The lowest BCUT2D eigenvalue weighted by Crippen LogP contribution is -2.17. The molecule has 0 fully saturated rings. The second-order valence-electron chi connectivity index (χ2n) is 6.23. The van der Waals surface area contributed by atoms with E-state index in [0.717, 1.165) is 11.3 Å². The first kappa shape index (κ1) is 18.2. The highest BCUT2D eigenvalue weighted by molar-refractivity contribution is 6.34. The van der Waals surface area contributed by atoms with Crippen molar-refractivity contribution in [1.82, 2.24) is 0 Å². The van der Waals surface area contributed by atoms with Gasteiger partial charge >= 0.3 is 0 Å². The van der Waals surface area contributed by atoms with Crippen molar-refractivity contribution in [2.45, 2.75) is 6.61 Å². The molecule has 0 bridgehead atoms. The lowest BCUT2D eigenvalue weighted by atomic mass is 10.1. The number of para-hydroxylation sites is 1. The Morgan fingerprint density at radius 2 is 1.64 bits per heavy atom. The van der Waals surface area contributed by atoms with Crippen LogP contribution in [0.25, 0.3) is 0 Å². The summed E-state index contributed by atoms with van der Waals surface area (Å²) >= 11 is 6.25. The molecule has 3 aromatic rings. The molecule has 1 aliphatic heterocycles. The summed E-state index contributed by atoms with van der Waals surface area (Å²) in [6, 6.07) is 20.2. The number of rotatable bonds is 5. The van der Waals surface area contributed by atoms with Crippen LogP contribution in [-0.4, -0.2) is 19.1 Å². The van der Waals surface area contributed by atoms with Gasteiger partial charge in [0.05, 0.1) is 10.7 Å². The molecule has 28 heavy (non-hydrogen) atoms. The molecule has 1 N–H and O–H groups in total. The molecule has 0 aromatic heterocycles. The number of hydrogen-bond donors (Lipinski definition) is 1. The molecule has 4 rings (SSSR count). The molecule has 0 atom stereocenters. The van der Waals surface area contributed by atoms with Gasteiger partial charge in [0.2, 0.25) is 0 Å². The SMILES string of the molecule is O=C(Nc1cc2c(cc1Cl)OCCO2)c1ccc(COc2ccccc2)cc1. The monoisotopic (exact) mass is 395 g/mol. The first-order valence-corrected chi connectivity index (χ1v) is 9.24. The first-order chi connectivity index (χ1) is 13.7. The van der Waals surface area contributed by atoms with Gasteiger partial charge in [-0.2, -0.15) is 0 Å². The number of halogens is 1. The molecular weight excluding hydrogens is 378 g/mol. The van der Waals surface area contributed by atoms with E-state index in [4.69, 9.17) is 25.8 Å². The van der Waals surface area contributed by atoms with E-state index in [2.05, 4.69) is 5.32 Å². The van der Waals surface area contributed by atoms with E-state index in [0.29, 0.717) is 47.6 Å². The largest absolute Gasteiger partial charge is 0.489 e. The van der Waals surface area contributed by atoms with Crippen LogP contribution < -0.4 is 19.5 Å². The summed E-state index contributed by atoms with van der Waals surface area (Å²) in [5.74, 6) is 1.70. The first-order valence-electron chi connectivity index (χ1n) is 8.86. The molecule has 0 radical (unpaired) electrons. The number of carbonyl (C=O) groups is 1. The minimum atomic E-state index is -0.255. The Bertz CT molecular complexity index is 974. The Labute approximate surface area is 167 Å². The average molecular weight is 396 g/mol. The molecule has 0 saturated heterocycles. The standard InChI is InChI=1S/C22H18ClNO4/c23-18-12-20-21(27-11-10-26-20)13-19(18)24-22(25)16-8-6-15(7-9-16)14-28-17-4-2-1-3-5-17/h1-9,12-13H,10-11,14H2,(H,24,25). The van der Waals surface area contributed by atoms with Crippen molar-refractivity contribution < 1.29 is 19.0 Å². The topological polar surface area (TPSA) is 56.8 Å². The van der Waals surface area contributed by atoms with Crippen LogP contribution in [0.4, 0.5) is 5.69 Å². The highest BCUT2D eigenvalue weighted by Crippen LogP contribution is 2.38. The van der Waals surface area contributed by atoms with E-state index in [-0.39, 0.29) is 5.91 Å². The zero-order chi connectivity index (χ0) is 19.3. The normalized spacial score (nSPS) is 12.3. The van der Waals surface area contributed by atoms with E-state index in [1.165, 1.54) is 0 Å². The van der Waals surface area contributed by atoms with Crippen molar-refractivity contribution in [3.05, 3.63) is 82.9 Å². The van der Waals surface area contributed by atoms with E-state index >= 15 is 0 Å². The van der Waals surface area contributed by atoms with Crippen LogP contribution >= 0.6 is 11.6 Å². The van der Waals surface area contributed by atoms with E-state index in [9.17, 15) is 4.79 Å².